The van der Waals surface area contributed by atoms with E-state index in [1.54, 1.807) is 18.2 Å². The van der Waals surface area contributed by atoms with Crippen molar-refractivity contribution in [1.82, 2.24) is 25.2 Å². The molecule has 0 radical (unpaired) electrons. The Kier molecular flexibility index (Phi) is 8.60. The molecule has 37 heavy (non-hydrogen) atoms. The summed E-state index contributed by atoms with van der Waals surface area (Å²) in [6, 6.07) is 5.09. The van der Waals surface area contributed by atoms with Crippen LogP contribution in [0.4, 0.5) is 10.2 Å². The molecule has 13 heteroatoms. The first-order chi connectivity index (χ1) is 17.4. The van der Waals surface area contributed by atoms with Gasteiger partial charge in [0.2, 0.25) is 5.88 Å². The number of fused-ring (bicyclic) bond motifs is 2. The van der Waals surface area contributed by atoms with Gasteiger partial charge in [0, 0.05) is 56.3 Å². The zero-order valence-electron chi connectivity index (χ0n) is 20.0. The molecule has 5 rings (SSSR count). The van der Waals surface area contributed by atoms with E-state index in [0.717, 1.165) is 0 Å². The molecular weight excluding hydrogens is 526 g/mol. The van der Waals surface area contributed by atoms with Crippen molar-refractivity contribution < 1.29 is 23.8 Å². The summed E-state index contributed by atoms with van der Waals surface area (Å²) in [5.74, 6) is 0.515. The number of hydrogen-bond acceptors (Lipinski definition) is 9. The van der Waals surface area contributed by atoms with Crippen LogP contribution in [0.1, 0.15) is 11.3 Å². The summed E-state index contributed by atoms with van der Waals surface area (Å²) in [5, 5.41) is 17.0. The number of amides is 1. The third-order valence-corrected chi connectivity index (χ3v) is 6.77. The van der Waals surface area contributed by atoms with E-state index in [9.17, 15) is 14.3 Å². The highest BCUT2D eigenvalue weighted by Crippen LogP contribution is 2.30. The number of aliphatic hydroxyl groups excluding tert-OH is 1. The Morgan fingerprint density at radius 3 is 3.00 bits per heavy atom. The SMILES string of the molecule is COc1ccc2ncc(F)c(CCN3C[C@H](CNCc4nc5c(cc4Cl)OCC(=O)N5)[C@H](O)C3)c2n1.Cl. The molecule has 0 bridgehead atoms. The predicted octanol–water partition coefficient (Wildman–Crippen LogP) is 2.20. The number of methoxy groups -OCH3 is 1. The van der Waals surface area contributed by atoms with Crippen LogP contribution in [-0.2, 0) is 17.8 Å². The van der Waals surface area contributed by atoms with Gasteiger partial charge in [0.1, 0.15) is 5.82 Å². The summed E-state index contributed by atoms with van der Waals surface area (Å²) in [5.41, 5.74) is 2.16. The second kappa shape index (κ2) is 11.7. The van der Waals surface area contributed by atoms with E-state index < -0.39 is 11.9 Å². The summed E-state index contributed by atoms with van der Waals surface area (Å²) >= 11 is 6.32. The minimum Gasteiger partial charge on any atom is -0.481 e. The average molecular weight is 553 g/mol. The number of halogens is 3. The minimum absolute atomic E-state index is 0. The number of anilines is 1. The number of hydrogen-bond donors (Lipinski definition) is 3. The molecule has 10 nitrogen and oxygen atoms in total. The van der Waals surface area contributed by atoms with Crippen LogP contribution in [0.2, 0.25) is 5.02 Å². The quantitative estimate of drug-likeness (QED) is 0.386. The standard InChI is InChI=1S/C24H26ClFN6O4.ClH/c1-35-22-3-2-17-23(31-22)14(16(26)8-28-17)4-5-32-10-13(19(33)11-32)7-27-9-18-15(25)6-20-24(29-18)30-21(34)12-36-20;/h2-3,6,8,13,19,27,33H,4-5,7,9-12H2,1H3,(H,29,30,34);1H/t13-,19+;/m0./s1. The lowest BCUT2D eigenvalue weighted by atomic mass is 10.1. The minimum atomic E-state index is -0.519. The summed E-state index contributed by atoms with van der Waals surface area (Å²) in [6.45, 7) is 2.57. The first kappa shape index (κ1) is 27.2. The van der Waals surface area contributed by atoms with Crippen molar-refractivity contribution in [2.75, 3.05) is 45.2 Å². The van der Waals surface area contributed by atoms with Gasteiger partial charge >= 0.3 is 0 Å². The monoisotopic (exact) mass is 552 g/mol. The molecule has 3 N–H and O–H groups in total. The summed E-state index contributed by atoms with van der Waals surface area (Å²) in [6.07, 6.45) is 1.13. The van der Waals surface area contributed by atoms with Gasteiger partial charge in [0.05, 0.1) is 41.2 Å². The molecular formula is C24H27Cl2FN6O4. The molecule has 0 unspecified atom stereocenters. The molecule has 2 aliphatic heterocycles. The van der Waals surface area contributed by atoms with Gasteiger partial charge in [-0.1, -0.05) is 11.6 Å². The second-order valence-electron chi connectivity index (χ2n) is 8.87. The normalized spacial score (nSPS) is 19.2. The Labute approximate surface area is 223 Å². The largest absolute Gasteiger partial charge is 0.481 e. The number of carbonyl (C=O) groups is 1. The maximum absolute atomic E-state index is 14.6. The lowest BCUT2D eigenvalue weighted by Gasteiger charge is -2.19. The van der Waals surface area contributed by atoms with Gasteiger partial charge in [-0.25, -0.2) is 14.4 Å². The van der Waals surface area contributed by atoms with E-state index >= 15 is 0 Å². The van der Waals surface area contributed by atoms with Crippen LogP contribution in [0.3, 0.4) is 0 Å². The molecule has 0 saturated carbocycles. The number of pyridine rings is 3. The van der Waals surface area contributed by atoms with Gasteiger partial charge < -0.3 is 30.1 Å². The molecule has 0 spiro atoms. The van der Waals surface area contributed by atoms with E-state index in [0.29, 0.717) is 83.9 Å². The predicted molar refractivity (Wildman–Crippen MR) is 138 cm³/mol. The highest BCUT2D eigenvalue weighted by atomic mass is 35.5. The summed E-state index contributed by atoms with van der Waals surface area (Å²) in [7, 11) is 1.52. The zero-order valence-corrected chi connectivity index (χ0v) is 21.6. The number of rotatable bonds is 8. The van der Waals surface area contributed by atoms with Crippen molar-refractivity contribution in [3.8, 4) is 11.6 Å². The fraction of sp³-hybridized carbons (Fsp3) is 0.417. The lowest BCUT2D eigenvalue weighted by molar-refractivity contribution is -0.118. The van der Waals surface area contributed by atoms with Crippen LogP contribution in [0.15, 0.2) is 24.4 Å². The number of aromatic nitrogens is 3. The van der Waals surface area contributed by atoms with Gasteiger partial charge in [0.15, 0.2) is 18.2 Å². The Balaban J connectivity index is 0.00000320. The molecule has 2 atom stereocenters. The molecule has 1 fully saturated rings. The Morgan fingerprint density at radius 1 is 1.35 bits per heavy atom. The molecule has 198 valence electrons. The van der Waals surface area contributed by atoms with Crippen LogP contribution < -0.4 is 20.1 Å². The first-order valence-corrected chi connectivity index (χ1v) is 12.0. The average Bonchev–Trinajstić information content (AvgIpc) is 3.22. The Morgan fingerprint density at radius 2 is 2.19 bits per heavy atom. The molecule has 5 heterocycles. The maximum atomic E-state index is 14.6. The van der Waals surface area contributed by atoms with Crippen LogP contribution in [0.5, 0.6) is 11.6 Å². The summed E-state index contributed by atoms with van der Waals surface area (Å²) in [4.78, 5) is 26.5. The number of ether oxygens (including phenoxy) is 2. The van der Waals surface area contributed by atoms with E-state index in [1.165, 1.54) is 13.3 Å². The van der Waals surface area contributed by atoms with Crippen molar-refractivity contribution in [2.45, 2.75) is 19.1 Å². The topological polar surface area (TPSA) is 122 Å². The number of nitrogens with zero attached hydrogens (tertiary/aromatic N) is 4. The zero-order chi connectivity index (χ0) is 25.2. The van der Waals surface area contributed by atoms with Crippen LogP contribution >= 0.6 is 24.0 Å². The number of carbonyl (C=O) groups excluding carboxylic acids is 1. The fourth-order valence-corrected chi connectivity index (χ4v) is 4.75. The maximum Gasteiger partial charge on any atom is 0.263 e. The van der Waals surface area contributed by atoms with Gasteiger partial charge in [-0.05, 0) is 12.5 Å². The lowest BCUT2D eigenvalue weighted by Crippen LogP contribution is -2.31. The van der Waals surface area contributed by atoms with Gasteiger partial charge in [0.25, 0.3) is 5.91 Å². The number of aliphatic hydroxyl groups is 1. The van der Waals surface area contributed by atoms with Gasteiger partial charge in [-0.3, -0.25) is 9.78 Å². The highest BCUT2D eigenvalue weighted by Gasteiger charge is 2.31. The highest BCUT2D eigenvalue weighted by molar-refractivity contribution is 6.31. The van der Waals surface area contributed by atoms with Crippen molar-refractivity contribution in [1.29, 1.82) is 0 Å². The molecule has 0 aliphatic carbocycles. The van der Waals surface area contributed by atoms with Crippen molar-refractivity contribution >= 4 is 46.8 Å². The molecule has 3 aromatic heterocycles. The fourth-order valence-electron chi connectivity index (χ4n) is 4.54. The Bertz CT molecular complexity index is 1300. The van der Waals surface area contributed by atoms with Crippen molar-refractivity contribution in [3.05, 3.63) is 46.5 Å². The smallest absolute Gasteiger partial charge is 0.263 e. The number of nitrogens with one attached hydrogen (secondary N) is 2. The van der Waals surface area contributed by atoms with E-state index in [2.05, 4.69) is 30.5 Å². The van der Waals surface area contributed by atoms with E-state index in [1.807, 2.05) is 0 Å². The van der Waals surface area contributed by atoms with Gasteiger partial charge in [-0.15, -0.1) is 12.4 Å². The molecule has 1 amide bonds. The third-order valence-electron chi connectivity index (χ3n) is 6.44. The third kappa shape index (κ3) is 6.02. The molecule has 2 aliphatic rings. The van der Waals surface area contributed by atoms with Crippen molar-refractivity contribution in [3.63, 3.8) is 0 Å². The van der Waals surface area contributed by atoms with E-state index in [-0.39, 0.29) is 30.8 Å². The number of likely N-dealkylation sites (tertiary alicyclic amines) is 1. The van der Waals surface area contributed by atoms with Crippen LogP contribution in [0, 0.1) is 11.7 Å². The molecule has 1 saturated heterocycles. The molecule has 3 aromatic rings. The van der Waals surface area contributed by atoms with Crippen LogP contribution in [0.25, 0.3) is 11.0 Å². The molecule has 0 aromatic carbocycles. The second-order valence-corrected chi connectivity index (χ2v) is 9.28. The first-order valence-electron chi connectivity index (χ1n) is 11.6. The van der Waals surface area contributed by atoms with Crippen LogP contribution in [-0.4, -0.2) is 76.9 Å². The summed E-state index contributed by atoms with van der Waals surface area (Å²) < 4.78 is 25.1. The Hall–Kier alpha value is -2.83. The number of β-amino-alcohol motifs (C(OH)–C–C–N with tert-alkyl or cyclic N) is 1. The van der Waals surface area contributed by atoms with Crippen molar-refractivity contribution in [2.24, 2.45) is 5.92 Å². The van der Waals surface area contributed by atoms with E-state index in [4.69, 9.17) is 21.1 Å². The van der Waals surface area contributed by atoms with Gasteiger partial charge in [-0.2, -0.15) is 0 Å².